The molecule has 0 bridgehead atoms. The van der Waals surface area contributed by atoms with Crippen LogP contribution >= 0.6 is 28.1 Å². The van der Waals surface area contributed by atoms with Gasteiger partial charge in [0.25, 0.3) is 0 Å². The second kappa shape index (κ2) is 12.4. The third kappa shape index (κ3) is 7.50. The van der Waals surface area contributed by atoms with Gasteiger partial charge < -0.3 is 19.5 Å². The maximum atomic E-state index is 5.94. The van der Waals surface area contributed by atoms with E-state index in [2.05, 4.69) is 51.7 Å². The monoisotopic (exact) mass is 493 g/mol. The fraction of sp³-hybridized carbons (Fsp3) is 0.364. The van der Waals surface area contributed by atoms with Crippen LogP contribution in [0.4, 0.5) is 0 Å². The predicted molar refractivity (Wildman–Crippen MR) is 129 cm³/mol. The van der Waals surface area contributed by atoms with E-state index in [0.29, 0.717) is 36.4 Å². The standard InChI is InChI=1S/C22H28BrN3O3S/c1-5-24-22(30)26-25-14-17-12-19(23)21(20(13-17)27-6-2)29-10-9-28-18-8-7-15(3)16(4)11-18/h7-8,11-14H,5-6,9-10H2,1-4H3,(H2,24,26,30)/b25-14+. The highest BCUT2D eigenvalue weighted by Gasteiger charge is 2.12. The number of thiocarbonyl (C=S) groups is 1. The largest absolute Gasteiger partial charge is 0.490 e. The highest BCUT2D eigenvalue weighted by atomic mass is 79.9. The summed E-state index contributed by atoms with van der Waals surface area (Å²) in [5.41, 5.74) is 6.06. The Morgan fingerprint density at radius 2 is 1.83 bits per heavy atom. The van der Waals surface area contributed by atoms with Crippen molar-refractivity contribution in [1.82, 2.24) is 10.7 Å². The molecule has 8 heteroatoms. The summed E-state index contributed by atoms with van der Waals surface area (Å²) in [7, 11) is 0. The minimum Gasteiger partial charge on any atom is -0.490 e. The lowest BCUT2D eigenvalue weighted by Gasteiger charge is -2.15. The van der Waals surface area contributed by atoms with E-state index in [1.807, 2.05) is 38.1 Å². The molecule has 2 aromatic rings. The molecule has 0 unspecified atom stereocenters. The van der Waals surface area contributed by atoms with Crippen LogP contribution in [0.2, 0.25) is 0 Å². The molecule has 0 aromatic heterocycles. The first kappa shape index (κ1) is 24.0. The summed E-state index contributed by atoms with van der Waals surface area (Å²) < 4.78 is 18.3. The van der Waals surface area contributed by atoms with Crippen molar-refractivity contribution in [2.24, 2.45) is 5.10 Å². The zero-order chi connectivity index (χ0) is 21.9. The Hall–Kier alpha value is -2.32. The van der Waals surface area contributed by atoms with Crippen molar-refractivity contribution in [3.8, 4) is 17.2 Å². The first-order chi connectivity index (χ1) is 14.4. The van der Waals surface area contributed by atoms with E-state index in [-0.39, 0.29) is 0 Å². The number of aryl methyl sites for hydroxylation is 2. The Labute approximate surface area is 192 Å². The fourth-order valence-corrected chi connectivity index (χ4v) is 3.31. The van der Waals surface area contributed by atoms with Crippen LogP contribution in [-0.2, 0) is 0 Å². The molecule has 6 nitrogen and oxygen atoms in total. The average molecular weight is 494 g/mol. The number of hydrogen-bond donors (Lipinski definition) is 2. The van der Waals surface area contributed by atoms with Gasteiger partial charge in [-0.05, 0) is 96.8 Å². The van der Waals surface area contributed by atoms with Crippen molar-refractivity contribution >= 4 is 39.5 Å². The van der Waals surface area contributed by atoms with E-state index in [0.717, 1.165) is 22.3 Å². The zero-order valence-corrected chi connectivity index (χ0v) is 20.2. The van der Waals surface area contributed by atoms with Gasteiger partial charge in [0.2, 0.25) is 0 Å². The van der Waals surface area contributed by atoms with Gasteiger partial charge in [0.05, 0.1) is 17.3 Å². The van der Waals surface area contributed by atoms with E-state index >= 15 is 0 Å². The summed E-state index contributed by atoms with van der Waals surface area (Å²) in [6, 6.07) is 9.82. The van der Waals surface area contributed by atoms with E-state index in [9.17, 15) is 0 Å². The van der Waals surface area contributed by atoms with Gasteiger partial charge >= 0.3 is 0 Å². The molecule has 2 aromatic carbocycles. The summed E-state index contributed by atoms with van der Waals surface area (Å²) >= 11 is 8.65. The normalized spacial score (nSPS) is 10.7. The number of rotatable bonds is 10. The number of benzene rings is 2. The minimum atomic E-state index is 0.386. The Kier molecular flexibility index (Phi) is 9.89. The molecular weight excluding hydrogens is 466 g/mol. The molecule has 2 rings (SSSR count). The Morgan fingerprint density at radius 1 is 1.07 bits per heavy atom. The van der Waals surface area contributed by atoms with Gasteiger partial charge in [0.1, 0.15) is 19.0 Å². The molecule has 2 N–H and O–H groups in total. The van der Waals surface area contributed by atoms with Crippen molar-refractivity contribution in [2.75, 3.05) is 26.4 Å². The average Bonchev–Trinajstić information content (AvgIpc) is 2.70. The van der Waals surface area contributed by atoms with Crippen LogP contribution < -0.4 is 25.0 Å². The lowest BCUT2D eigenvalue weighted by atomic mass is 10.1. The summed E-state index contributed by atoms with van der Waals surface area (Å²) in [6.07, 6.45) is 1.67. The van der Waals surface area contributed by atoms with Crippen molar-refractivity contribution in [2.45, 2.75) is 27.7 Å². The molecule has 0 saturated heterocycles. The molecule has 0 atom stereocenters. The van der Waals surface area contributed by atoms with Crippen LogP contribution in [-0.4, -0.2) is 37.7 Å². The van der Waals surface area contributed by atoms with Gasteiger partial charge in [-0.25, -0.2) is 0 Å². The smallest absolute Gasteiger partial charge is 0.186 e. The van der Waals surface area contributed by atoms with Crippen molar-refractivity contribution in [1.29, 1.82) is 0 Å². The predicted octanol–water partition coefficient (Wildman–Crippen LogP) is 4.74. The molecule has 0 amide bonds. The molecular formula is C22H28BrN3O3S. The third-order valence-corrected chi connectivity index (χ3v) is 4.95. The van der Waals surface area contributed by atoms with E-state index in [1.54, 1.807) is 6.21 Å². The Morgan fingerprint density at radius 3 is 2.53 bits per heavy atom. The van der Waals surface area contributed by atoms with Crippen LogP contribution in [0, 0.1) is 13.8 Å². The van der Waals surface area contributed by atoms with Gasteiger partial charge in [-0.3, -0.25) is 5.43 Å². The first-order valence-electron chi connectivity index (χ1n) is 9.80. The first-order valence-corrected chi connectivity index (χ1v) is 11.0. The molecule has 0 fully saturated rings. The third-order valence-electron chi connectivity index (χ3n) is 4.13. The van der Waals surface area contributed by atoms with E-state index < -0.39 is 0 Å². The van der Waals surface area contributed by atoms with Gasteiger partial charge in [-0.1, -0.05) is 6.07 Å². The van der Waals surface area contributed by atoms with Gasteiger partial charge in [-0.15, -0.1) is 0 Å². The summed E-state index contributed by atoms with van der Waals surface area (Å²) in [4.78, 5) is 0. The topological polar surface area (TPSA) is 64.1 Å². The summed E-state index contributed by atoms with van der Waals surface area (Å²) in [6.45, 7) is 10.1. The number of nitrogens with one attached hydrogen (secondary N) is 2. The van der Waals surface area contributed by atoms with Gasteiger partial charge in [0.15, 0.2) is 16.6 Å². The molecule has 0 aliphatic carbocycles. The second-order valence-corrected chi connectivity index (χ2v) is 7.70. The van der Waals surface area contributed by atoms with E-state index in [4.69, 9.17) is 26.4 Å². The summed E-state index contributed by atoms with van der Waals surface area (Å²) in [5.74, 6) is 2.10. The SMILES string of the molecule is CCNC(=S)N/N=C/c1cc(Br)c(OCCOc2ccc(C)c(C)c2)c(OCC)c1. The highest BCUT2D eigenvalue weighted by Crippen LogP contribution is 2.36. The van der Waals surface area contributed by atoms with Crippen LogP contribution in [0.25, 0.3) is 0 Å². The molecule has 162 valence electrons. The van der Waals surface area contributed by atoms with Crippen molar-refractivity contribution in [3.05, 3.63) is 51.5 Å². The van der Waals surface area contributed by atoms with Crippen LogP contribution in [0.3, 0.4) is 0 Å². The maximum Gasteiger partial charge on any atom is 0.186 e. The number of ether oxygens (including phenoxy) is 3. The van der Waals surface area contributed by atoms with Crippen LogP contribution in [0.1, 0.15) is 30.5 Å². The molecule has 0 spiro atoms. The van der Waals surface area contributed by atoms with Crippen LogP contribution in [0.5, 0.6) is 17.2 Å². The Bertz CT molecular complexity index is 890. The fourth-order valence-electron chi connectivity index (χ4n) is 2.54. The molecule has 0 radical (unpaired) electrons. The van der Waals surface area contributed by atoms with E-state index in [1.165, 1.54) is 11.1 Å². The van der Waals surface area contributed by atoms with Crippen molar-refractivity contribution in [3.63, 3.8) is 0 Å². The molecule has 0 saturated carbocycles. The van der Waals surface area contributed by atoms with Gasteiger partial charge in [0, 0.05) is 6.54 Å². The van der Waals surface area contributed by atoms with Crippen LogP contribution in [0.15, 0.2) is 39.9 Å². The quantitative estimate of drug-likeness (QED) is 0.215. The summed E-state index contributed by atoms with van der Waals surface area (Å²) in [5, 5.41) is 7.58. The maximum absolute atomic E-state index is 5.94. The van der Waals surface area contributed by atoms with Crippen molar-refractivity contribution < 1.29 is 14.2 Å². The number of hydrogen-bond acceptors (Lipinski definition) is 5. The molecule has 0 aliphatic heterocycles. The zero-order valence-electron chi connectivity index (χ0n) is 17.8. The highest BCUT2D eigenvalue weighted by molar-refractivity contribution is 9.10. The second-order valence-electron chi connectivity index (χ2n) is 6.44. The number of halogens is 1. The number of nitrogens with zero attached hydrogens (tertiary/aromatic N) is 1. The molecule has 0 aliphatic rings. The lowest BCUT2D eigenvalue weighted by Crippen LogP contribution is -2.31. The number of hydrazone groups is 1. The minimum absolute atomic E-state index is 0.386. The molecule has 30 heavy (non-hydrogen) atoms. The lowest BCUT2D eigenvalue weighted by molar-refractivity contribution is 0.207. The Balaban J connectivity index is 1.99. The van der Waals surface area contributed by atoms with Gasteiger partial charge in [-0.2, -0.15) is 5.10 Å². The molecule has 0 heterocycles.